The zero-order chi connectivity index (χ0) is 4.28. The summed E-state index contributed by atoms with van der Waals surface area (Å²) in [4.78, 5) is 9.59. The van der Waals surface area contributed by atoms with E-state index in [4.69, 9.17) is 0 Å². The Hall–Kier alpha value is 0.184. The Bertz CT molecular complexity index is 46.1. The van der Waals surface area contributed by atoms with E-state index in [0.29, 0.717) is 6.42 Å². The first-order valence-electron chi connectivity index (χ1n) is 1.55. The second kappa shape index (κ2) is 5.18. The smallest absolute Gasteiger partial charge is 0.217 e. The van der Waals surface area contributed by atoms with Crippen molar-refractivity contribution in [2.24, 2.45) is 5.73 Å². The van der Waals surface area contributed by atoms with Crippen molar-refractivity contribution in [1.29, 1.82) is 0 Å². The molecule has 0 aromatic carbocycles. The zero-order valence-electron chi connectivity index (χ0n) is 3.69. The predicted octanol–water partition coefficient (Wildman–Crippen LogP) is -0.121. The average molecular weight is 121 g/mol. The standard InChI is InChI=1S/C3H7NO.Ti/c1-2-3(4)5;/h2H2,1H3,(H2,4,5);. The molecule has 0 aliphatic carbocycles. The van der Waals surface area contributed by atoms with Crippen LogP contribution < -0.4 is 5.73 Å². The number of amides is 1. The monoisotopic (exact) mass is 121 g/mol. The SMILES string of the molecule is CCC(N)=O.[Ti]. The van der Waals surface area contributed by atoms with Gasteiger partial charge in [0.1, 0.15) is 0 Å². The summed E-state index contributed by atoms with van der Waals surface area (Å²) in [6, 6.07) is 0. The number of hydrogen-bond donors (Lipinski definition) is 1. The van der Waals surface area contributed by atoms with Crippen LogP contribution in [0.15, 0.2) is 0 Å². The molecule has 0 unspecified atom stereocenters. The van der Waals surface area contributed by atoms with Crippen LogP contribution in [0.1, 0.15) is 13.3 Å². The first-order valence-corrected chi connectivity index (χ1v) is 1.55. The fraction of sp³-hybridized carbons (Fsp3) is 0.667. The van der Waals surface area contributed by atoms with E-state index in [2.05, 4.69) is 5.73 Å². The number of nitrogens with two attached hydrogens (primary N) is 1. The van der Waals surface area contributed by atoms with Crippen molar-refractivity contribution in [3.05, 3.63) is 0 Å². The van der Waals surface area contributed by atoms with Crippen LogP contribution in [0.2, 0.25) is 0 Å². The van der Waals surface area contributed by atoms with Crippen LogP contribution >= 0.6 is 0 Å². The maximum atomic E-state index is 9.59. The van der Waals surface area contributed by atoms with Gasteiger partial charge in [0, 0.05) is 28.1 Å². The van der Waals surface area contributed by atoms with E-state index in [1.54, 1.807) is 6.92 Å². The number of primary amides is 1. The quantitative estimate of drug-likeness (QED) is 0.482. The molecule has 0 fully saturated rings. The Labute approximate surface area is 52.0 Å². The summed E-state index contributed by atoms with van der Waals surface area (Å²) in [6.45, 7) is 1.72. The van der Waals surface area contributed by atoms with Gasteiger partial charge in [-0.05, 0) is 0 Å². The summed E-state index contributed by atoms with van der Waals surface area (Å²) in [5.41, 5.74) is 4.65. The Kier molecular flexibility index (Phi) is 8.20. The normalized spacial score (nSPS) is 6.17. The van der Waals surface area contributed by atoms with Crippen molar-refractivity contribution in [3.8, 4) is 0 Å². The number of rotatable bonds is 1. The minimum atomic E-state index is -0.245. The van der Waals surface area contributed by atoms with Crippen LogP contribution in [0.4, 0.5) is 0 Å². The minimum absolute atomic E-state index is 0. The van der Waals surface area contributed by atoms with Gasteiger partial charge in [0.05, 0.1) is 0 Å². The summed E-state index contributed by atoms with van der Waals surface area (Å²) >= 11 is 0. The molecular weight excluding hydrogens is 114 g/mol. The maximum Gasteiger partial charge on any atom is 0.217 e. The molecule has 3 heteroatoms. The number of carbonyl (C=O) groups excluding carboxylic acids is 1. The van der Waals surface area contributed by atoms with E-state index < -0.39 is 0 Å². The Morgan fingerprint density at radius 1 is 1.83 bits per heavy atom. The van der Waals surface area contributed by atoms with Crippen molar-refractivity contribution in [2.45, 2.75) is 13.3 Å². The van der Waals surface area contributed by atoms with E-state index in [1.807, 2.05) is 0 Å². The van der Waals surface area contributed by atoms with E-state index >= 15 is 0 Å². The molecule has 2 nitrogen and oxygen atoms in total. The fourth-order valence-electron chi connectivity index (χ4n) is 0. The van der Waals surface area contributed by atoms with Crippen LogP contribution in [0, 0.1) is 0 Å². The fourth-order valence-corrected chi connectivity index (χ4v) is 0. The van der Waals surface area contributed by atoms with Crippen LogP contribution in [0.25, 0.3) is 0 Å². The van der Waals surface area contributed by atoms with Gasteiger partial charge in [-0.1, -0.05) is 6.92 Å². The molecule has 0 aromatic rings. The molecule has 0 spiro atoms. The Morgan fingerprint density at radius 3 is 2.00 bits per heavy atom. The zero-order valence-corrected chi connectivity index (χ0v) is 5.25. The third kappa shape index (κ3) is 8.89. The van der Waals surface area contributed by atoms with E-state index in [9.17, 15) is 4.79 Å². The van der Waals surface area contributed by atoms with Crippen molar-refractivity contribution >= 4 is 5.91 Å². The maximum absolute atomic E-state index is 9.59. The van der Waals surface area contributed by atoms with Gasteiger partial charge in [-0.3, -0.25) is 4.79 Å². The number of hydrogen-bond acceptors (Lipinski definition) is 1. The van der Waals surface area contributed by atoms with E-state index in [0.717, 1.165) is 0 Å². The van der Waals surface area contributed by atoms with Crippen molar-refractivity contribution < 1.29 is 26.5 Å². The summed E-state index contributed by atoms with van der Waals surface area (Å²) < 4.78 is 0. The molecular formula is C3H7NOTi. The molecule has 2 N–H and O–H groups in total. The molecule has 0 aliphatic rings. The average Bonchev–Trinajstić information content (AvgIpc) is 1.38. The predicted molar refractivity (Wildman–Crippen MR) is 19.5 cm³/mol. The molecule has 0 aromatic heterocycles. The van der Waals surface area contributed by atoms with E-state index in [-0.39, 0.29) is 27.6 Å². The Balaban J connectivity index is 0. The van der Waals surface area contributed by atoms with Crippen molar-refractivity contribution in [3.63, 3.8) is 0 Å². The van der Waals surface area contributed by atoms with Gasteiger partial charge < -0.3 is 5.73 Å². The van der Waals surface area contributed by atoms with Gasteiger partial charge in [-0.25, -0.2) is 0 Å². The molecule has 0 bridgehead atoms. The molecule has 0 saturated heterocycles. The first kappa shape index (κ1) is 9.49. The second-order valence-corrected chi connectivity index (χ2v) is 0.820. The van der Waals surface area contributed by atoms with Crippen LogP contribution in [0.3, 0.4) is 0 Å². The van der Waals surface area contributed by atoms with Crippen LogP contribution in [-0.4, -0.2) is 5.91 Å². The molecule has 0 aliphatic heterocycles. The summed E-state index contributed by atoms with van der Waals surface area (Å²) in [5.74, 6) is -0.245. The van der Waals surface area contributed by atoms with Gasteiger partial charge >= 0.3 is 0 Å². The molecule has 1 amide bonds. The minimum Gasteiger partial charge on any atom is -0.370 e. The third-order valence-electron chi connectivity index (χ3n) is 0.348. The molecule has 0 radical (unpaired) electrons. The molecule has 0 heterocycles. The summed E-state index contributed by atoms with van der Waals surface area (Å²) in [6.07, 6.45) is 0.444. The summed E-state index contributed by atoms with van der Waals surface area (Å²) in [5, 5.41) is 0. The largest absolute Gasteiger partial charge is 0.370 e. The van der Waals surface area contributed by atoms with Gasteiger partial charge in [0.2, 0.25) is 5.91 Å². The van der Waals surface area contributed by atoms with Crippen LogP contribution in [0.5, 0.6) is 0 Å². The van der Waals surface area contributed by atoms with Gasteiger partial charge in [0.15, 0.2) is 0 Å². The summed E-state index contributed by atoms with van der Waals surface area (Å²) in [7, 11) is 0. The molecule has 6 heavy (non-hydrogen) atoms. The van der Waals surface area contributed by atoms with Gasteiger partial charge in [-0.2, -0.15) is 0 Å². The molecule has 0 rings (SSSR count). The van der Waals surface area contributed by atoms with E-state index in [1.165, 1.54) is 0 Å². The van der Waals surface area contributed by atoms with Gasteiger partial charge in [0.25, 0.3) is 0 Å². The number of carbonyl (C=O) groups is 1. The molecule has 0 atom stereocenters. The first-order chi connectivity index (χ1) is 2.27. The molecule has 34 valence electrons. The van der Waals surface area contributed by atoms with Crippen LogP contribution in [-0.2, 0) is 26.5 Å². The molecule has 0 saturated carbocycles. The third-order valence-corrected chi connectivity index (χ3v) is 0.348. The topological polar surface area (TPSA) is 43.1 Å². The van der Waals surface area contributed by atoms with Crippen molar-refractivity contribution in [1.82, 2.24) is 0 Å². The Morgan fingerprint density at radius 2 is 2.00 bits per heavy atom. The van der Waals surface area contributed by atoms with Gasteiger partial charge in [-0.15, -0.1) is 0 Å². The van der Waals surface area contributed by atoms with Crippen molar-refractivity contribution in [2.75, 3.05) is 0 Å². The second-order valence-electron chi connectivity index (χ2n) is 0.820.